The summed E-state index contributed by atoms with van der Waals surface area (Å²) in [6, 6.07) is 6.30. The van der Waals surface area contributed by atoms with E-state index in [2.05, 4.69) is 0 Å². The van der Waals surface area contributed by atoms with Crippen LogP contribution in [0.4, 0.5) is 0 Å². The van der Waals surface area contributed by atoms with Gasteiger partial charge in [-0.1, -0.05) is 12.1 Å². The Hall–Kier alpha value is -1.38. The van der Waals surface area contributed by atoms with Crippen molar-refractivity contribution in [2.45, 2.75) is 70.2 Å². The maximum absolute atomic E-state index is 12.6. The summed E-state index contributed by atoms with van der Waals surface area (Å²) in [5.74, 6) is -1.49. The first-order valence-corrected chi connectivity index (χ1v) is 10.2. The highest BCUT2D eigenvalue weighted by molar-refractivity contribution is 7.92. The zero-order valence-corrected chi connectivity index (χ0v) is 17.3. The van der Waals surface area contributed by atoms with Crippen molar-refractivity contribution in [2.24, 2.45) is 0 Å². The Morgan fingerprint density at radius 3 is 2.15 bits per heavy atom. The maximum atomic E-state index is 12.6. The molecule has 0 saturated carbocycles. The average molecular weight is 382 g/mol. The summed E-state index contributed by atoms with van der Waals surface area (Å²) < 4.78 is 42.2. The molecule has 0 radical (unpaired) electrons. The minimum absolute atomic E-state index is 0.0376. The number of hydrogen-bond donors (Lipinski definition) is 0. The highest BCUT2D eigenvalue weighted by Crippen LogP contribution is 2.36. The smallest absolute Gasteiger partial charge is 0.459 e. The minimum Gasteiger partial charge on any atom is -0.459 e. The van der Waals surface area contributed by atoms with Gasteiger partial charge >= 0.3 is 13.1 Å². The van der Waals surface area contributed by atoms with Crippen molar-refractivity contribution in [1.82, 2.24) is 0 Å². The van der Waals surface area contributed by atoms with Gasteiger partial charge in [0.1, 0.15) is 5.60 Å². The summed E-state index contributed by atoms with van der Waals surface area (Å²) in [7, 11) is -4.50. The van der Waals surface area contributed by atoms with E-state index >= 15 is 0 Å². The molecule has 0 bridgehead atoms. The molecule has 0 N–H and O–H groups in total. The Morgan fingerprint density at radius 1 is 1.12 bits per heavy atom. The van der Waals surface area contributed by atoms with E-state index < -0.39 is 45.5 Å². The number of esters is 1. The van der Waals surface area contributed by atoms with Crippen LogP contribution in [0.1, 0.15) is 48.5 Å². The van der Waals surface area contributed by atoms with Crippen LogP contribution in [-0.2, 0) is 28.7 Å². The van der Waals surface area contributed by atoms with E-state index in [4.69, 9.17) is 14.0 Å². The summed E-state index contributed by atoms with van der Waals surface area (Å²) in [6.45, 7) is 12.8. The van der Waals surface area contributed by atoms with Gasteiger partial charge < -0.3 is 14.0 Å². The first kappa shape index (κ1) is 20.9. The molecule has 0 amide bonds. The summed E-state index contributed by atoms with van der Waals surface area (Å²) in [6.07, 6.45) is 0. The Balaban J connectivity index is 2.23. The number of ether oxygens (including phenoxy) is 1. The van der Waals surface area contributed by atoms with Crippen LogP contribution in [-0.4, -0.2) is 44.1 Å². The number of hydrogen-bond acceptors (Lipinski definition) is 6. The van der Waals surface area contributed by atoms with E-state index in [0.29, 0.717) is 5.46 Å². The molecule has 0 spiro atoms. The molecule has 144 valence electrons. The summed E-state index contributed by atoms with van der Waals surface area (Å²) >= 11 is 0. The van der Waals surface area contributed by atoms with Gasteiger partial charge in [-0.15, -0.1) is 0 Å². The third-order valence-corrected chi connectivity index (χ3v) is 6.06. The van der Waals surface area contributed by atoms with Crippen LogP contribution in [0, 0.1) is 0 Å². The van der Waals surface area contributed by atoms with Gasteiger partial charge in [0.05, 0.1) is 16.1 Å². The van der Waals surface area contributed by atoms with Crippen molar-refractivity contribution in [3.63, 3.8) is 0 Å². The van der Waals surface area contributed by atoms with E-state index in [1.165, 1.54) is 12.1 Å². The van der Waals surface area contributed by atoms with Crippen LogP contribution in [0.2, 0.25) is 0 Å². The molecule has 8 heteroatoms. The largest absolute Gasteiger partial charge is 0.494 e. The van der Waals surface area contributed by atoms with Crippen LogP contribution in [0.15, 0.2) is 29.2 Å². The first-order valence-electron chi connectivity index (χ1n) is 8.53. The molecule has 1 aromatic carbocycles. The predicted octanol–water partition coefficient (Wildman–Crippen LogP) is 2.10. The van der Waals surface area contributed by atoms with Crippen LogP contribution in [0.5, 0.6) is 0 Å². The van der Waals surface area contributed by atoms with Crippen molar-refractivity contribution >= 4 is 28.4 Å². The number of benzene rings is 1. The standard InChI is InChI=1S/C18H27BO6S/c1-16(2,3)23-15(20)12-26(21,22)14-10-8-9-13(11-14)19-24-17(4,5)18(6,7)25-19/h8-11H,12H2,1-7H3. The molecule has 1 aliphatic heterocycles. The molecule has 26 heavy (non-hydrogen) atoms. The molecule has 1 aromatic rings. The van der Waals surface area contributed by atoms with Gasteiger partial charge in [0.15, 0.2) is 15.6 Å². The normalized spacial score (nSPS) is 19.4. The van der Waals surface area contributed by atoms with E-state index in [-0.39, 0.29) is 4.90 Å². The lowest BCUT2D eigenvalue weighted by Gasteiger charge is -2.32. The van der Waals surface area contributed by atoms with Gasteiger partial charge in [-0.25, -0.2) is 8.42 Å². The Labute approximate surface area is 156 Å². The summed E-state index contributed by atoms with van der Waals surface area (Å²) in [5, 5.41) is 0. The van der Waals surface area contributed by atoms with Gasteiger partial charge in [0, 0.05) is 0 Å². The van der Waals surface area contributed by atoms with Gasteiger partial charge in [0.2, 0.25) is 0 Å². The molecule has 0 atom stereocenters. The minimum atomic E-state index is -3.83. The predicted molar refractivity (Wildman–Crippen MR) is 100 cm³/mol. The van der Waals surface area contributed by atoms with Crippen molar-refractivity contribution < 1.29 is 27.3 Å². The zero-order chi connectivity index (χ0) is 20.0. The number of sulfone groups is 1. The summed E-state index contributed by atoms with van der Waals surface area (Å²) in [5.41, 5.74) is -1.20. The van der Waals surface area contributed by atoms with Crippen LogP contribution in [0.3, 0.4) is 0 Å². The average Bonchev–Trinajstić information content (AvgIpc) is 2.65. The quantitative estimate of drug-likeness (QED) is 0.586. The lowest BCUT2D eigenvalue weighted by Crippen LogP contribution is -2.41. The second-order valence-corrected chi connectivity index (χ2v) is 10.5. The van der Waals surface area contributed by atoms with Gasteiger partial charge in [-0.3, -0.25) is 4.79 Å². The van der Waals surface area contributed by atoms with E-state index in [1.807, 2.05) is 27.7 Å². The van der Waals surface area contributed by atoms with Gasteiger partial charge in [0.25, 0.3) is 0 Å². The number of carbonyl (C=O) groups is 1. The molecule has 1 saturated heterocycles. The molecule has 0 unspecified atom stereocenters. The molecule has 1 heterocycles. The van der Waals surface area contributed by atoms with Crippen LogP contribution < -0.4 is 5.46 Å². The topological polar surface area (TPSA) is 78.9 Å². The molecule has 1 aliphatic rings. The first-order chi connectivity index (χ1) is 11.6. The molecule has 6 nitrogen and oxygen atoms in total. The SMILES string of the molecule is CC(C)(C)OC(=O)CS(=O)(=O)c1cccc(B2OC(C)(C)C(C)(C)O2)c1. The molecular formula is C18H27BO6S. The van der Waals surface area contributed by atoms with Crippen molar-refractivity contribution in [3.05, 3.63) is 24.3 Å². The second kappa shape index (κ2) is 6.66. The molecule has 0 aromatic heterocycles. The lowest BCUT2D eigenvalue weighted by atomic mass is 9.79. The van der Waals surface area contributed by atoms with Gasteiger partial charge in [-0.05, 0) is 66.1 Å². The number of rotatable bonds is 4. The van der Waals surface area contributed by atoms with E-state index in [0.717, 1.165) is 0 Å². The Kier molecular flexibility index (Phi) is 5.36. The van der Waals surface area contributed by atoms with Crippen LogP contribution in [0.25, 0.3) is 0 Å². The van der Waals surface area contributed by atoms with E-state index in [9.17, 15) is 13.2 Å². The Morgan fingerprint density at radius 2 is 1.65 bits per heavy atom. The third kappa shape index (κ3) is 4.66. The van der Waals surface area contributed by atoms with Crippen LogP contribution >= 0.6 is 0 Å². The fourth-order valence-electron chi connectivity index (χ4n) is 2.44. The lowest BCUT2D eigenvalue weighted by molar-refractivity contribution is -0.151. The second-order valence-electron chi connectivity index (χ2n) is 8.51. The number of carbonyl (C=O) groups excluding carboxylic acids is 1. The molecule has 0 aliphatic carbocycles. The Bertz CT molecular complexity index is 776. The fraction of sp³-hybridized carbons (Fsp3) is 0.611. The highest BCUT2D eigenvalue weighted by atomic mass is 32.2. The van der Waals surface area contributed by atoms with Crippen molar-refractivity contribution in [2.75, 3.05) is 5.75 Å². The fourth-order valence-corrected chi connectivity index (χ4v) is 3.58. The zero-order valence-electron chi connectivity index (χ0n) is 16.5. The molecular weight excluding hydrogens is 355 g/mol. The summed E-state index contributed by atoms with van der Waals surface area (Å²) in [4.78, 5) is 11.9. The van der Waals surface area contributed by atoms with Crippen molar-refractivity contribution in [3.8, 4) is 0 Å². The van der Waals surface area contributed by atoms with Gasteiger partial charge in [-0.2, -0.15) is 0 Å². The monoisotopic (exact) mass is 382 g/mol. The molecule has 2 rings (SSSR count). The van der Waals surface area contributed by atoms with E-state index in [1.54, 1.807) is 32.9 Å². The third-order valence-electron chi connectivity index (χ3n) is 4.47. The van der Waals surface area contributed by atoms with Crippen molar-refractivity contribution in [1.29, 1.82) is 0 Å². The maximum Gasteiger partial charge on any atom is 0.494 e. The molecule has 1 fully saturated rings. The highest BCUT2D eigenvalue weighted by Gasteiger charge is 2.51.